The topological polar surface area (TPSA) is 49.8 Å². The molecule has 0 fully saturated rings. The van der Waals surface area contributed by atoms with E-state index in [9.17, 15) is 9.90 Å². The Kier molecular flexibility index (Phi) is 9.00. The zero-order valence-corrected chi connectivity index (χ0v) is 18.3. The fourth-order valence-electron chi connectivity index (χ4n) is 2.87. The second-order valence-corrected chi connectivity index (χ2v) is 7.87. The highest BCUT2D eigenvalue weighted by Crippen LogP contribution is 2.42. The van der Waals surface area contributed by atoms with Gasteiger partial charge in [0.25, 0.3) is 0 Å². The van der Waals surface area contributed by atoms with E-state index in [1.807, 2.05) is 18.4 Å². The maximum atomic E-state index is 11.7. The van der Waals surface area contributed by atoms with E-state index < -0.39 is 5.97 Å². The van der Waals surface area contributed by atoms with Crippen LogP contribution in [0.2, 0.25) is 5.02 Å². The zero-order valence-electron chi connectivity index (χ0n) is 16.7. The number of carboxylic acid groups (broad SMARTS) is 1. The molecule has 0 heterocycles. The molecule has 0 spiro atoms. The van der Waals surface area contributed by atoms with E-state index >= 15 is 0 Å². The number of carboxylic acids is 1. The largest absolute Gasteiger partial charge is 0.478 e. The van der Waals surface area contributed by atoms with Gasteiger partial charge in [-0.2, -0.15) is 0 Å². The molecule has 0 saturated carbocycles. The molecule has 28 heavy (non-hydrogen) atoms. The Morgan fingerprint density at radius 2 is 1.71 bits per heavy atom. The summed E-state index contributed by atoms with van der Waals surface area (Å²) in [6.45, 7) is 6.04. The Bertz CT molecular complexity index is 772. The minimum absolute atomic E-state index is 0.279. The summed E-state index contributed by atoms with van der Waals surface area (Å²) in [6.07, 6.45) is 6.15. The highest BCUT2D eigenvalue weighted by atomic mass is 35.5. The van der Waals surface area contributed by atoms with Crippen molar-refractivity contribution in [2.75, 3.05) is 24.2 Å². The fraction of sp³-hybridized carbons (Fsp3) is 0.409. The van der Waals surface area contributed by atoms with Crippen LogP contribution in [-0.2, 0) is 0 Å². The number of anilines is 1. The number of hydrogen-bond donors (Lipinski definition) is 1. The molecule has 0 aromatic heterocycles. The maximum Gasteiger partial charge on any atom is 0.335 e. The molecule has 2 rings (SSSR count). The van der Waals surface area contributed by atoms with Gasteiger partial charge in [0, 0.05) is 18.1 Å². The van der Waals surface area contributed by atoms with E-state index in [0.717, 1.165) is 49.4 Å². The quantitative estimate of drug-likeness (QED) is 0.397. The summed E-state index contributed by atoms with van der Waals surface area (Å²) in [5, 5.41) is 10.2. The Hall–Kier alpha value is -1.85. The molecule has 4 nitrogen and oxygen atoms in total. The Labute approximate surface area is 176 Å². The highest BCUT2D eigenvalue weighted by molar-refractivity contribution is 7.98. The average molecular weight is 422 g/mol. The van der Waals surface area contributed by atoms with Gasteiger partial charge in [0.15, 0.2) is 5.75 Å². The molecule has 0 saturated heterocycles. The smallest absolute Gasteiger partial charge is 0.335 e. The first-order valence-electron chi connectivity index (χ1n) is 9.63. The van der Waals surface area contributed by atoms with Crippen molar-refractivity contribution in [2.24, 2.45) is 0 Å². The first-order chi connectivity index (χ1) is 13.5. The molecule has 0 aliphatic rings. The second kappa shape index (κ2) is 11.2. The van der Waals surface area contributed by atoms with E-state index in [1.165, 1.54) is 11.8 Å². The maximum absolute atomic E-state index is 11.7. The van der Waals surface area contributed by atoms with E-state index in [1.54, 1.807) is 24.3 Å². The van der Waals surface area contributed by atoms with Crippen molar-refractivity contribution < 1.29 is 14.6 Å². The normalized spacial score (nSPS) is 10.7. The lowest BCUT2D eigenvalue weighted by Gasteiger charge is -2.28. The number of rotatable bonds is 11. The van der Waals surface area contributed by atoms with Crippen molar-refractivity contribution in [3.05, 3.63) is 47.0 Å². The number of nitrogens with zero attached hydrogens (tertiary/aromatic N) is 1. The molecular formula is C22H28ClNO3S. The molecular weight excluding hydrogens is 394 g/mol. The Morgan fingerprint density at radius 3 is 2.21 bits per heavy atom. The molecule has 0 aliphatic heterocycles. The van der Waals surface area contributed by atoms with Gasteiger partial charge in [0.1, 0.15) is 5.75 Å². The minimum Gasteiger partial charge on any atom is -0.478 e. The van der Waals surface area contributed by atoms with Gasteiger partial charge in [-0.25, -0.2) is 4.79 Å². The summed E-state index contributed by atoms with van der Waals surface area (Å²) < 4.78 is 6.25. The van der Waals surface area contributed by atoms with Crippen molar-refractivity contribution in [2.45, 2.75) is 44.4 Å². The van der Waals surface area contributed by atoms with Gasteiger partial charge in [0.05, 0.1) is 16.1 Å². The van der Waals surface area contributed by atoms with E-state index in [-0.39, 0.29) is 5.56 Å². The van der Waals surface area contributed by atoms with Gasteiger partial charge in [-0.1, -0.05) is 38.3 Å². The number of ether oxygens (including phenoxy) is 1. The molecule has 0 bridgehead atoms. The van der Waals surface area contributed by atoms with Crippen LogP contribution < -0.4 is 9.64 Å². The lowest BCUT2D eigenvalue weighted by atomic mass is 10.1. The highest BCUT2D eigenvalue weighted by Gasteiger charge is 2.20. The molecule has 2 aromatic carbocycles. The third-order valence-corrected chi connectivity index (χ3v) is 5.43. The van der Waals surface area contributed by atoms with Crippen LogP contribution in [0.25, 0.3) is 0 Å². The van der Waals surface area contributed by atoms with E-state index in [4.69, 9.17) is 16.3 Å². The predicted molar refractivity (Wildman–Crippen MR) is 119 cm³/mol. The molecule has 0 radical (unpaired) electrons. The molecule has 0 amide bonds. The minimum atomic E-state index is -0.930. The summed E-state index contributed by atoms with van der Waals surface area (Å²) in [6, 6.07) is 10.6. The van der Waals surface area contributed by atoms with Crippen molar-refractivity contribution in [1.29, 1.82) is 0 Å². The van der Waals surface area contributed by atoms with Gasteiger partial charge < -0.3 is 14.7 Å². The first kappa shape index (κ1) is 22.4. The standard InChI is InChI=1S/C22H28ClNO3S/c1-4-6-12-24(13-7-5-2)19-14-16(22(25)26)15-20(28-3)21(19)27-18-10-8-17(23)9-11-18/h8-11,14-15H,4-7,12-13H2,1-3H3,(H,25,26). The van der Waals surface area contributed by atoms with Crippen LogP contribution in [0.1, 0.15) is 49.9 Å². The summed E-state index contributed by atoms with van der Waals surface area (Å²) >= 11 is 7.48. The average Bonchev–Trinajstić information content (AvgIpc) is 2.70. The number of hydrogen-bond acceptors (Lipinski definition) is 4. The van der Waals surface area contributed by atoms with Crippen LogP contribution in [0, 0.1) is 0 Å². The van der Waals surface area contributed by atoms with Crippen molar-refractivity contribution in [3.8, 4) is 11.5 Å². The van der Waals surface area contributed by atoms with Crippen molar-refractivity contribution in [3.63, 3.8) is 0 Å². The zero-order chi connectivity index (χ0) is 20.5. The summed E-state index contributed by atoms with van der Waals surface area (Å²) in [7, 11) is 0. The Balaban J connectivity index is 2.54. The van der Waals surface area contributed by atoms with Gasteiger partial charge in [-0.05, 0) is 55.5 Å². The second-order valence-electron chi connectivity index (χ2n) is 6.58. The van der Waals surface area contributed by atoms with Gasteiger partial charge >= 0.3 is 5.97 Å². The predicted octanol–water partition coefficient (Wildman–Crippen LogP) is 6.96. The molecule has 2 aromatic rings. The molecule has 1 N–H and O–H groups in total. The SMILES string of the molecule is CCCCN(CCCC)c1cc(C(=O)O)cc(SC)c1Oc1ccc(Cl)cc1. The van der Waals surface area contributed by atoms with E-state index in [2.05, 4.69) is 18.7 Å². The van der Waals surface area contributed by atoms with Crippen LogP contribution in [0.4, 0.5) is 5.69 Å². The third kappa shape index (κ3) is 6.08. The molecule has 6 heteroatoms. The van der Waals surface area contributed by atoms with E-state index in [0.29, 0.717) is 16.5 Å². The van der Waals surface area contributed by atoms with Crippen LogP contribution in [0.3, 0.4) is 0 Å². The summed E-state index contributed by atoms with van der Waals surface area (Å²) in [4.78, 5) is 14.8. The molecule has 0 atom stereocenters. The molecule has 152 valence electrons. The first-order valence-corrected chi connectivity index (χ1v) is 11.2. The Morgan fingerprint density at radius 1 is 1.11 bits per heavy atom. The molecule has 0 aliphatic carbocycles. The summed E-state index contributed by atoms with van der Waals surface area (Å²) in [5.41, 5.74) is 1.11. The number of halogens is 1. The van der Waals surface area contributed by atoms with Crippen LogP contribution in [0.5, 0.6) is 11.5 Å². The number of aromatic carboxylic acids is 1. The van der Waals surface area contributed by atoms with Crippen LogP contribution in [0.15, 0.2) is 41.3 Å². The lowest BCUT2D eigenvalue weighted by molar-refractivity contribution is 0.0696. The number of thioether (sulfide) groups is 1. The van der Waals surface area contributed by atoms with Crippen LogP contribution in [-0.4, -0.2) is 30.4 Å². The monoisotopic (exact) mass is 421 g/mol. The van der Waals surface area contributed by atoms with Gasteiger partial charge in [-0.15, -0.1) is 11.8 Å². The third-order valence-electron chi connectivity index (χ3n) is 4.44. The van der Waals surface area contributed by atoms with Crippen LogP contribution >= 0.6 is 23.4 Å². The molecule has 0 unspecified atom stereocenters. The van der Waals surface area contributed by atoms with Gasteiger partial charge in [0.2, 0.25) is 0 Å². The van der Waals surface area contributed by atoms with Crippen molar-refractivity contribution in [1.82, 2.24) is 0 Å². The summed E-state index contributed by atoms with van der Waals surface area (Å²) in [5.74, 6) is 0.447. The number of unbranched alkanes of at least 4 members (excludes halogenated alkanes) is 2. The number of benzene rings is 2. The fourth-order valence-corrected chi connectivity index (χ4v) is 3.57. The van der Waals surface area contributed by atoms with Gasteiger partial charge in [-0.3, -0.25) is 0 Å². The number of carbonyl (C=O) groups is 1. The van der Waals surface area contributed by atoms with Crippen molar-refractivity contribution >= 4 is 35.0 Å². The lowest BCUT2D eigenvalue weighted by Crippen LogP contribution is -2.26.